The summed E-state index contributed by atoms with van der Waals surface area (Å²) in [4.78, 5) is 14.2. The molecule has 7 heteroatoms. The lowest BCUT2D eigenvalue weighted by Crippen LogP contribution is -2.53. The molecule has 1 aromatic carbocycles. The molecule has 2 N–H and O–H groups in total. The largest absolute Gasteiger partial charge is 0.421 e. The standard InChI is InChI=1S/C18H24N4O3/c1-2-18(13-23)10-6-12-22(18)17(24)19-11-9-15-20-21-16(25-15)14-7-4-3-5-8-14/h3-5,7-8,23H,2,6,9-13H2,1H3,(H,19,24)/t18-/m0/s1. The van der Waals surface area contributed by atoms with Crippen molar-refractivity contribution in [3.8, 4) is 11.5 Å². The van der Waals surface area contributed by atoms with Gasteiger partial charge in [-0.1, -0.05) is 25.1 Å². The van der Waals surface area contributed by atoms with Crippen molar-refractivity contribution in [2.45, 2.75) is 38.1 Å². The molecule has 2 aromatic rings. The van der Waals surface area contributed by atoms with Crippen molar-refractivity contribution in [2.24, 2.45) is 0 Å². The molecule has 1 atom stereocenters. The van der Waals surface area contributed by atoms with E-state index < -0.39 is 5.54 Å². The number of amides is 2. The third-order valence-electron chi connectivity index (χ3n) is 4.90. The first-order chi connectivity index (χ1) is 12.2. The maximum Gasteiger partial charge on any atom is 0.317 e. The number of benzene rings is 1. The number of aliphatic hydroxyl groups excluding tert-OH is 1. The van der Waals surface area contributed by atoms with E-state index in [9.17, 15) is 9.90 Å². The summed E-state index contributed by atoms with van der Waals surface area (Å²) in [5, 5.41) is 20.7. The van der Waals surface area contributed by atoms with Crippen LogP contribution in [0.4, 0.5) is 4.79 Å². The average Bonchev–Trinajstić information content (AvgIpc) is 3.30. The molecule has 134 valence electrons. The summed E-state index contributed by atoms with van der Waals surface area (Å²) in [7, 11) is 0. The number of rotatable bonds is 6. The molecule has 0 saturated carbocycles. The molecule has 1 aliphatic rings. The summed E-state index contributed by atoms with van der Waals surface area (Å²) in [6, 6.07) is 9.43. The molecule has 2 amide bonds. The normalized spacial score (nSPS) is 20.0. The van der Waals surface area contributed by atoms with Crippen LogP contribution in [0.15, 0.2) is 34.7 Å². The van der Waals surface area contributed by atoms with Crippen LogP contribution in [-0.2, 0) is 6.42 Å². The Kier molecular flexibility index (Phi) is 5.33. The maximum absolute atomic E-state index is 12.4. The highest BCUT2D eigenvalue weighted by molar-refractivity contribution is 5.75. The molecule has 7 nitrogen and oxygen atoms in total. The van der Waals surface area contributed by atoms with Gasteiger partial charge >= 0.3 is 6.03 Å². The Morgan fingerprint density at radius 1 is 1.36 bits per heavy atom. The number of likely N-dealkylation sites (tertiary alicyclic amines) is 1. The summed E-state index contributed by atoms with van der Waals surface area (Å²) >= 11 is 0. The van der Waals surface area contributed by atoms with Crippen LogP contribution in [0.5, 0.6) is 0 Å². The molecule has 1 aliphatic heterocycles. The fourth-order valence-corrected chi connectivity index (χ4v) is 3.32. The lowest BCUT2D eigenvalue weighted by atomic mass is 9.94. The lowest BCUT2D eigenvalue weighted by Gasteiger charge is -2.36. The Morgan fingerprint density at radius 2 is 2.16 bits per heavy atom. The van der Waals surface area contributed by atoms with E-state index in [2.05, 4.69) is 15.5 Å². The van der Waals surface area contributed by atoms with E-state index in [4.69, 9.17) is 4.42 Å². The molecule has 25 heavy (non-hydrogen) atoms. The van der Waals surface area contributed by atoms with Crippen LogP contribution in [0.1, 0.15) is 32.1 Å². The van der Waals surface area contributed by atoms with E-state index in [1.165, 1.54) is 0 Å². The second-order valence-corrected chi connectivity index (χ2v) is 6.34. The quantitative estimate of drug-likeness (QED) is 0.838. The summed E-state index contributed by atoms with van der Waals surface area (Å²) in [5.41, 5.74) is 0.452. The van der Waals surface area contributed by atoms with Gasteiger partial charge in [0.15, 0.2) is 0 Å². The topological polar surface area (TPSA) is 91.5 Å². The van der Waals surface area contributed by atoms with Crippen molar-refractivity contribution in [1.82, 2.24) is 20.4 Å². The van der Waals surface area contributed by atoms with E-state index in [1.807, 2.05) is 37.3 Å². The zero-order valence-electron chi connectivity index (χ0n) is 14.4. The highest BCUT2D eigenvalue weighted by atomic mass is 16.4. The van der Waals surface area contributed by atoms with E-state index >= 15 is 0 Å². The van der Waals surface area contributed by atoms with Crippen molar-refractivity contribution in [3.63, 3.8) is 0 Å². The number of aromatic nitrogens is 2. The molecular formula is C18H24N4O3. The maximum atomic E-state index is 12.4. The smallest absolute Gasteiger partial charge is 0.317 e. The first-order valence-electron chi connectivity index (χ1n) is 8.72. The minimum atomic E-state index is -0.422. The summed E-state index contributed by atoms with van der Waals surface area (Å²) in [6.45, 7) is 3.10. The average molecular weight is 344 g/mol. The van der Waals surface area contributed by atoms with Gasteiger partial charge in [-0.2, -0.15) is 0 Å². The highest BCUT2D eigenvalue weighted by Crippen LogP contribution is 2.31. The molecular weight excluding hydrogens is 320 g/mol. The Morgan fingerprint density at radius 3 is 2.88 bits per heavy atom. The number of urea groups is 1. The van der Waals surface area contributed by atoms with Gasteiger partial charge in [-0.3, -0.25) is 0 Å². The number of hydrogen-bond acceptors (Lipinski definition) is 5. The third kappa shape index (κ3) is 3.66. The first-order valence-corrected chi connectivity index (χ1v) is 8.72. The van der Waals surface area contributed by atoms with Gasteiger partial charge in [-0.05, 0) is 31.4 Å². The van der Waals surface area contributed by atoms with Crippen LogP contribution < -0.4 is 5.32 Å². The molecule has 3 rings (SSSR count). The van der Waals surface area contributed by atoms with Crippen LogP contribution in [0, 0.1) is 0 Å². The molecule has 1 saturated heterocycles. The minimum Gasteiger partial charge on any atom is -0.421 e. The van der Waals surface area contributed by atoms with Crippen molar-refractivity contribution < 1.29 is 14.3 Å². The molecule has 0 bridgehead atoms. The summed E-state index contributed by atoms with van der Waals surface area (Å²) in [5.74, 6) is 0.969. The van der Waals surface area contributed by atoms with Crippen molar-refractivity contribution >= 4 is 6.03 Å². The summed E-state index contributed by atoms with van der Waals surface area (Å²) < 4.78 is 5.63. The molecule has 0 aliphatic carbocycles. The second-order valence-electron chi connectivity index (χ2n) is 6.34. The van der Waals surface area contributed by atoms with Gasteiger partial charge in [-0.25, -0.2) is 4.79 Å². The fourth-order valence-electron chi connectivity index (χ4n) is 3.32. The number of aliphatic hydroxyl groups is 1. The van der Waals surface area contributed by atoms with E-state index in [0.29, 0.717) is 31.3 Å². The lowest BCUT2D eigenvalue weighted by molar-refractivity contribution is 0.0811. The van der Waals surface area contributed by atoms with Gasteiger partial charge in [0.2, 0.25) is 11.8 Å². The predicted octanol–water partition coefficient (Wildman–Crippen LogP) is 2.23. The van der Waals surface area contributed by atoms with Gasteiger partial charge in [0.25, 0.3) is 0 Å². The van der Waals surface area contributed by atoms with Gasteiger partial charge in [0.1, 0.15) is 0 Å². The zero-order chi connectivity index (χ0) is 17.7. The third-order valence-corrected chi connectivity index (χ3v) is 4.90. The Balaban J connectivity index is 1.53. The van der Waals surface area contributed by atoms with Crippen LogP contribution in [0.2, 0.25) is 0 Å². The number of nitrogens with one attached hydrogen (secondary N) is 1. The predicted molar refractivity (Wildman–Crippen MR) is 92.9 cm³/mol. The van der Waals surface area contributed by atoms with Gasteiger partial charge in [-0.15, -0.1) is 10.2 Å². The van der Waals surface area contributed by atoms with Crippen molar-refractivity contribution in [3.05, 3.63) is 36.2 Å². The van der Waals surface area contributed by atoms with E-state index in [0.717, 1.165) is 24.8 Å². The number of nitrogens with zero attached hydrogens (tertiary/aromatic N) is 3. The van der Waals surface area contributed by atoms with Crippen LogP contribution in [0.25, 0.3) is 11.5 Å². The van der Waals surface area contributed by atoms with Crippen LogP contribution >= 0.6 is 0 Å². The van der Waals surface area contributed by atoms with Crippen molar-refractivity contribution in [1.29, 1.82) is 0 Å². The zero-order valence-corrected chi connectivity index (χ0v) is 14.4. The summed E-state index contributed by atoms with van der Waals surface area (Å²) in [6.07, 6.45) is 2.99. The first kappa shape index (κ1) is 17.4. The fraction of sp³-hybridized carbons (Fsp3) is 0.500. The molecule has 1 aromatic heterocycles. The molecule has 0 radical (unpaired) electrons. The molecule has 2 heterocycles. The van der Waals surface area contributed by atoms with Crippen molar-refractivity contribution in [2.75, 3.05) is 19.7 Å². The monoisotopic (exact) mass is 344 g/mol. The SMILES string of the molecule is CC[C@@]1(CO)CCCN1C(=O)NCCc1nnc(-c2ccccc2)o1. The molecule has 0 unspecified atom stereocenters. The number of hydrogen-bond donors (Lipinski definition) is 2. The van der Waals surface area contributed by atoms with Gasteiger partial charge in [0, 0.05) is 25.1 Å². The van der Waals surface area contributed by atoms with E-state index in [1.54, 1.807) is 4.90 Å². The Bertz CT molecular complexity index is 697. The van der Waals surface area contributed by atoms with Gasteiger partial charge < -0.3 is 19.7 Å². The van der Waals surface area contributed by atoms with Crippen LogP contribution in [-0.4, -0.2) is 51.5 Å². The van der Waals surface area contributed by atoms with Gasteiger partial charge in [0.05, 0.1) is 12.1 Å². The molecule has 0 spiro atoms. The highest BCUT2D eigenvalue weighted by Gasteiger charge is 2.41. The minimum absolute atomic E-state index is 0.00101. The number of carbonyl (C=O) groups is 1. The Labute approximate surface area is 147 Å². The second kappa shape index (κ2) is 7.65. The Hall–Kier alpha value is -2.41. The molecule has 1 fully saturated rings. The van der Waals surface area contributed by atoms with E-state index in [-0.39, 0.29) is 12.6 Å². The number of carbonyl (C=O) groups excluding carboxylic acids is 1. The van der Waals surface area contributed by atoms with Crippen LogP contribution in [0.3, 0.4) is 0 Å².